The van der Waals surface area contributed by atoms with Crippen molar-refractivity contribution in [2.45, 2.75) is 44.0 Å². The number of carbonyl (C=O) groups is 2. The Morgan fingerprint density at radius 2 is 1.62 bits per heavy atom. The van der Waals surface area contributed by atoms with E-state index in [-0.39, 0.29) is 16.5 Å². The highest BCUT2D eigenvalue weighted by Crippen LogP contribution is 2.25. The summed E-state index contributed by atoms with van der Waals surface area (Å²) in [7, 11) is -3.68. The van der Waals surface area contributed by atoms with Gasteiger partial charge in [-0.1, -0.05) is 30.2 Å². The molecule has 0 aromatic heterocycles. The SMILES string of the molecule is Cc1ccc(C(=O)NNC(=O)c2cccc(S(=O)(=O)N3CCCC[C@H]3C)c2)cc1. The molecule has 1 aliphatic rings. The first-order valence-corrected chi connectivity index (χ1v) is 11.0. The number of nitrogens with zero attached hydrogens (tertiary/aromatic N) is 1. The highest BCUT2D eigenvalue weighted by Gasteiger charge is 2.31. The molecule has 2 aromatic carbocycles. The summed E-state index contributed by atoms with van der Waals surface area (Å²) in [6.07, 6.45) is 2.66. The van der Waals surface area contributed by atoms with Gasteiger partial charge >= 0.3 is 0 Å². The van der Waals surface area contributed by atoms with Crippen LogP contribution in [-0.2, 0) is 10.0 Å². The second-order valence-electron chi connectivity index (χ2n) is 7.26. The van der Waals surface area contributed by atoms with E-state index in [1.807, 2.05) is 13.8 Å². The molecule has 154 valence electrons. The molecule has 3 rings (SSSR count). The molecule has 0 aliphatic carbocycles. The van der Waals surface area contributed by atoms with Crippen LogP contribution in [0.15, 0.2) is 53.4 Å². The van der Waals surface area contributed by atoms with Crippen LogP contribution in [0.4, 0.5) is 0 Å². The number of hydrogen-bond donors (Lipinski definition) is 2. The first-order chi connectivity index (χ1) is 13.8. The number of rotatable bonds is 4. The fraction of sp³-hybridized carbons (Fsp3) is 0.333. The average molecular weight is 416 g/mol. The van der Waals surface area contributed by atoms with Gasteiger partial charge in [-0.15, -0.1) is 0 Å². The average Bonchev–Trinajstić information content (AvgIpc) is 2.72. The lowest BCUT2D eigenvalue weighted by molar-refractivity contribution is 0.0846. The van der Waals surface area contributed by atoms with Crippen LogP contribution in [0.5, 0.6) is 0 Å². The summed E-state index contributed by atoms with van der Waals surface area (Å²) in [4.78, 5) is 24.6. The number of hydrogen-bond acceptors (Lipinski definition) is 4. The van der Waals surface area contributed by atoms with E-state index in [1.54, 1.807) is 24.3 Å². The molecule has 0 radical (unpaired) electrons. The molecule has 1 aliphatic heterocycles. The molecule has 2 N–H and O–H groups in total. The fourth-order valence-corrected chi connectivity index (χ4v) is 5.07. The third-order valence-electron chi connectivity index (χ3n) is 5.05. The van der Waals surface area contributed by atoms with Crippen molar-refractivity contribution in [3.63, 3.8) is 0 Å². The van der Waals surface area contributed by atoms with Crippen LogP contribution in [0.3, 0.4) is 0 Å². The zero-order valence-corrected chi connectivity index (χ0v) is 17.3. The molecule has 0 unspecified atom stereocenters. The zero-order valence-electron chi connectivity index (χ0n) is 16.5. The molecule has 1 heterocycles. The summed E-state index contributed by atoms with van der Waals surface area (Å²) in [5.74, 6) is -1.04. The van der Waals surface area contributed by atoms with Gasteiger partial charge in [0.2, 0.25) is 10.0 Å². The maximum absolute atomic E-state index is 13.0. The summed E-state index contributed by atoms with van der Waals surface area (Å²) in [5, 5.41) is 0. The molecule has 1 fully saturated rings. The number of sulfonamides is 1. The van der Waals surface area contributed by atoms with Crippen molar-refractivity contribution in [3.8, 4) is 0 Å². The topological polar surface area (TPSA) is 95.6 Å². The smallest absolute Gasteiger partial charge is 0.267 e. The predicted octanol–water partition coefficient (Wildman–Crippen LogP) is 2.63. The highest BCUT2D eigenvalue weighted by atomic mass is 32.2. The van der Waals surface area contributed by atoms with E-state index in [0.29, 0.717) is 12.1 Å². The van der Waals surface area contributed by atoms with Gasteiger partial charge < -0.3 is 0 Å². The predicted molar refractivity (Wildman–Crippen MR) is 110 cm³/mol. The number of aryl methyl sites for hydroxylation is 1. The standard InChI is InChI=1S/C21H25N3O4S/c1-15-9-11-17(12-10-15)20(25)22-23-21(26)18-7-5-8-19(14-18)29(27,28)24-13-4-3-6-16(24)2/h5,7-12,14,16H,3-4,6,13H2,1-2H3,(H,22,25)(H,23,26)/t16-/m1/s1. The molecule has 1 saturated heterocycles. The summed E-state index contributed by atoms with van der Waals surface area (Å²) in [6.45, 7) is 4.29. The Bertz CT molecular complexity index is 1000. The molecule has 8 heteroatoms. The van der Waals surface area contributed by atoms with Crippen molar-refractivity contribution in [1.82, 2.24) is 15.2 Å². The summed E-state index contributed by atoms with van der Waals surface area (Å²) < 4.78 is 27.4. The normalized spacial score (nSPS) is 17.5. The Labute approximate surface area is 171 Å². The van der Waals surface area contributed by atoms with Crippen molar-refractivity contribution in [2.24, 2.45) is 0 Å². The maximum atomic E-state index is 13.0. The number of nitrogens with one attached hydrogen (secondary N) is 2. The molecular weight excluding hydrogens is 390 g/mol. The minimum Gasteiger partial charge on any atom is -0.267 e. The van der Waals surface area contributed by atoms with E-state index in [1.165, 1.54) is 28.6 Å². The Morgan fingerprint density at radius 3 is 2.28 bits per heavy atom. The molecule has 0 saturated carbocycles. The number of hydrazine groups is 1. The van der Waals surface area contributed by atoms with Gasteiger partial charge in [0, 0.05) is 23.7 Å². The second-order valence-corrected chi connectivity index (χ2v) is 9.15. The molecule has 29 heavy (non-hydrogen) atoms. The first kappa shape index (κ1) is 21.0. The van der Waals surface area contributed by atoms with E-state index in [4.69, 9.17) is 0 Å². The van der Waals surface area contributed by atoms with Crippen LogP contribution in [0, 0.1) is 6.92 Å². The van der Waals surface area contributed by atoms with Gasteiger partial charge in [-0.2, -0.15) is 4.31 Å². The molecule has 2 amide bonds. The van der Waals surface area contributed by atoms with Crippen LogP contribution in [0.1, 0.15) is 52.5 Å². The van der Waals surface area contributed by atoms with Crippen molar-refractivity contribution in [2.75, 3.05) is 6.54 Å². The Balaban J connectivity index is 1.70. The lowest BCUT2D eigenvalue weighted by Crippen LogP contribution is -2.42. The maximum Gasteiger partial charge on any atom is 0.269 e. The Kier molecular flexibility index (Phi) is 6.34. The number of piperidine rings is 1. The van der Waals surface area contributed by atoms with Crippen molar-refractivity contribution in [1.29, 1.82) is 0 Å². The van der Waals surface area contributed by atoms with E-state index < -0.39 is 21.8 Å². The van der Waals surface area contributed by atoms with Crippen molar-refractivity contribution < 1.29 is 18.0 Å². The molecule has 7 nitrogen and oxygen atoms in total. The minimum absolute atomic E-state index is 0.0694. The van der Waals surface area contributed by atoms with Crippen molar-refractivity contribution >= 4 is 21.8 Å². The Hall–Kier alpha value is -2.71. The van der Waals surface area contributed by atoms with E-state index in [0.717, 1.165) is 24.8 Å². The van der Waals surface area contributed by atoms with Crippen LogP contribution in [-0.4, -0.2) is 37.1 Å². The highest BCUT2D eigenvalue weighted by molar-refractivity contribution is 7.89. The largest absolute Gasteiger partial charge is 0.269 e. The Morgan fingerprint density at radius 1 is 0.966 bits per heavy atom. The summed E-state index contributed by atoms with van der Waals surface area (Å²) >= 11 is 0. The van der Waals surface area contributed by atoms with E-state index >= 15 is 0 Å². The second kappa shape index (κ2) is 8.75. The van der Waals surface area contributed by atoms with Gasteiger partial charge in [-0.05, 0) is 57.0 Å². The van der Waals surface area contributed by atoms with Gasteiger partial charge in [0.1, 0.15) is 0 Å². The van der Waals surface area contributed by atoms with Gasteiger partial charge in [-0.3, -0.25) is 20.4 Å². The third-order valence-corrected chi connectivity index (χ3v) is 7.06. The lowest BCUT2D eigenvalue weighted by Gasteiger charge is -2.32. The number of amides is 2. The van der Waals surface area contributed by atoms with Gasteiger partial charge in [-0.25, -0.2) is 8.42 Å². The van der Waals surface area contributed by atoms with E-state index in [9.17, 15) is 18.0 Å². The van der Waals surface area contributed by atoms with Crippen LogP contribution >= 0.6 is 0 Å². The molecule has 2 aromatic rings. The number of carbonyl (C=O) groups excluding carboxylic acids is 2. The first-order valence-electron chi connectivity index (χ1n) is 9.58. The summed E-state index contributed by atoms with van der Waals surface area (Å²) in [5.41, 5.74) is 6.26. The van der Waals surface area contributed by atoms with Crippen molar-refractivity contribution in [3.05, 3.63) is 65.2 Å². The van der Waals surface area contributed by atoms with Crippen LogP contribution in [0.2, 0.25) is 0 Å². The quantitative estimate of drug-likeness (QED) is 0.751. The monoisotopic (exact) mass is 415 g/mol. The number of benzene rings is 2. The lowest BCUT2D eigenvalue weighted by atomic mass is 10.1. The molecule has 0 bridgehead atoms. The third kappa shape index (κ3) is 4.83. The summed E-state index contributed by atoms with van der Waals surface area (Å²) in [6, 6.07) is 12.7. The van der Waals surface area contributed by atoms with E-state index in [2.05, 4.69) is 10.9 Å². The van der Waals surface area contributed by atoms with Crippen LogP contribution in [0.25, 0.3) is 0 Å². The van der Waals surface area contributed by atoms with Crippen LogP contribution < -0.4 is 10.9 Å². The zero-order chi connectivity index (χ0) is 21.0. The van der Waals surface area contributed by atoms with Gasteiger partial charge in [0.25, 0.3) is 11.8 Å². The molecular formula is C21H25N3O4S. The molecule has 1 atom stereocenters. The molecule has 0 spiro atoms. The minimum atomic E-state index is -3.68. The van der Waals surface area contributed by atoms with Gasteiger partial charge in [0.15, 0.2) is 0 Å². The van der Waals surface area contributed by atoms with Gasteiger partial charge in [0.05, 0.1) is 4.90 Å². The fourth-order valence-electron chi connectivity index (χ4n) is 3.32.